The number of aromatic nitrogens is 2. The van der Waals surface area contributed by atoms with E-state index in [-0.39, 0.29) is 11.6 Å². The van der Waals surface area contributed by atoms with Crippen LogP contribution in [0, 0.1) is 5.82 Å². The molecule has 0 unspecified atom stereocenters. The Balaban J connectivity index is 1.90. The Kier molecular flexibility index (Phi) is 3.84. The van der Waals surface area contributed by atoms with Crippen molar-refractivity contribution in [3.8, 4) is 0 Å². The van der Waals surface area contributed by atoms with E-state index in [4.69, 9.17) is 0 Å². The van der Waals surface area contributed by atoms with Gasteiger partial charge in [-0.25, -0.2) is 14.4 Å². The number of hydrogen-bond acceptors (Lipinski definition) is 4. The molecule has 0 radical (unpaired) electrons. The van der Waals surface area contributed by atoms with Crippen LogP contribution in [0.1, 0.15) is 5.69 Å². The van der Waals surface area contributed by atoms with E-state index in [1.54, 1.807) is 23.0 Å². The highest BCUT2D eigenvalue weighted by atomic mass is 79.9. The summed E-state index contributed by atoms with van der Waals surface area (Å²) in [5, 5.41) is 4.92. The first-order valence-corrected chi connectivity index (χ1v) is 6.41. The van der Waals surface area contributed by atoms with Gasteiger partial charge in [0.05, 0.1) is 11.2 Å². The number of rotatable bonds is 4. The molecular weight excluding hydrogens is 293 g/mol. The molecule has 0 saturated heterocycles. The van der Waals surface area contributed by atoms with Gasteiger partial charge in [0.1, 0.15) is 0 Å². The lowest BCUT2D eigenvalue weighted by molar-refractivity contribution is 0.623. The molecule has 6 heteroatoms. The van der Waals surface area contributed by atoms with E-state index < -0.39 is 0 Å². The zero-order chi connectivity index (χ0) is 11.4. The summed E-state index contributed by atoms with van der Waals surface area (Å²) in [6.07, 6.45) is 2.33. The fourth-order valence-corrected chi connectivity index (χ4v) is 2.11. The van der Waals surface area contributed by atoms with Crippen LogP contribution in [0.15, 0.2) is 27.6 Å². The molecule has 0 aliphatic rings. The summed E-state index contributed by atoms with van der Waals surface area (Å²) < 4.78 is 14.0. The van der Waals surface area contributed by atoms with Gasteiger partial charge in [0.25, 0.3) is 0 Å². The molecule has 1 N–H and O–H groups in total. The van der Waals surface area contributed by atoms with E-state index in [1.165, 1.54) is 6.07 Å². The van der Waals surface area contributed by atoms with Gasteiger partial charge in [-0.05, 0) is 22.0 Å². The number of thiazole rings is 1. The molecule has 0 aromatic carbocycles. The maximum absolute atomic E-state index is 13.3. The van der Waals surface area contributed by atoms with Crippen molar-refractivity contribution in [3.63, 3.8) is 0 Å². The van der Waals surface area contributed by atoms with Crippen LogP contribution in [-0.4, -0.2) is 16.5 Å². The normalized spacial score (nSPS) is 10.4. The second-order valence-corrected chi connectivity index (χ2v) is 4.77. The monoisotopic (exact) mass is 301 g/mol. The van der Waals surface area contributed by atoms with E-state index in [0.717, 1.165) is 12.1 Å². The Bertz CT molecular complexity index is 461. The highest BCUT2D eigenvalue weighted by molar-refractivity contribution is 9.10. The van der Waals surface area contributed by atoms with Crippen LogP contribution in [0.25, 0.3) is 0 Å². The van der Waals surface area contributed by atoms with Gasteiger partial charge >= 0.3 is 0 Å². The molecule has 0 atom stereocenters. The lowest BCUT2D eigenvalue weighted by atomic mass is 10.3. The third-order valence-corrected chi connectivity index (χ3v) is 3.03. The summed E-state index contributed by atoms with van der Waals surface area (Å²) >= 11 is 4.71. The summed E-state index contributed by atoms with van der Waals surface area (Å²) in [5.41, 5.74) is 2.79. The smallest absolute Gasteiger partial charge is 0.166 e. The molecule has 0 amide bonds. The number of hydrogen-bond donors (Lipinski definition) is 1. The molecule has 0 saturated carbocycles. The first kappa shape index (κ1) is 11.5. The van der Waals surface area contributed by atoms with Crippen molar-refractivity contribution in [2.24, 2.45) is 0 Å². The lowest BCUT2D eigenvalue weighted by Crippen LogP contribution is -2.08. The van der Waals surface area contributed by atoms with Gasteiger partial charge in [-0.15, -0.1) is 11.3 Å². The van der Waals surface area contributed by atoms with Crippen molar-refractivity contribution in [2.45, 2.75) is 6.42 Å². The quantitative estimate of drug-likeness (QED) is 0.943. The SMILES string of the molecule is Fc1cc(Br)cnc1NCCc1cscn1. The third kappa shape index (κ3) is 2.99. The van der Waals surface area contributed by atoms with E-state index in [1.807, 2.05) is 5.38 Å². The van der Waals surface area contributed by atoms with E-state index in [9.17, 15) is 4.39 Å². The molecule has 2 rings (SSSR count). The maximum atomic E-state index is 13.3. The van der Waals surface area contributed by atoms with Gasteiger partial charge in [0.2, 0.25) is 0 Å². The molecule has 3 nitrogen and oxygen atoms in total. The first-order chi connectivity index (χ1) is 7.75. The van der Waals surface area contributed by atoms with Crippen molar-refractivity contribution in [2.75, 3.05) is 11.9 Å². The van der Waals surface area contributed by atoms with E-state index in [2.05, 4.69) is 31.2 Å². The predicted molar refractivity (Wildman–Crippen MR) is 66.2 cm³/mol. The molecule has 2 heterocycles. The van der Waals surface area contributed by atoms with E-state index in [0.29, 0.717) is 11.0 Å². The third-order valence-electron chi connectivity index (χ3n) is 1.96. The molecule has 2 aromatic rings. The number of nitrogens with zero attached hydrogens (tertiary/aromatic N) is 2. The molecule has 84 valence electrons. The Morgan fingerprint density at radius 1 is 1.44 bits per heavy atom. The van der Waals surface area contributed by atoms with Gasteiger partial charge < -0.3 is 5.32 Å². The molecule has 2 aromatic heterocycles. The highest BCUT2D eigenvalue weighted by Crippen LogP contribution is 2.15. The summed E-state index contributed by atoms with van der Waals surface area (Å²) in [6.45, 7) is 0.620. The summed E-state index contributed by atoms with van der Waals surface area (Å²) in [6, 6.07) is 1.39. The minimum atomic E-state index is -0.354. The predicted octanol–water partition coefficient (Wildman–Crippen LogP) is 3.09. The number of anilines is 1. The molecule has 0 fully saturated rings. The van der Waals surface area contributed by atoms with Crippen LogP contribution in [0.4, 0.5) is 10.2 Å². The molecule has 0 bridgehead atoms. The van der Waals surface area contributed by atoms with Crippen LogP contribution < -0.4 is 5.32 Å². The van der Waals surface area contributed by atoms with E-state index >= 15 is 0 Å². The maximum Gasteiger partial charge on any atom is 0.166 e. The van der Waals surface area contributed by atoms with Crippen molar-refractivity contribution >= 4 is 33.1 Å². The summed E-state index contributed by atoms with van der Waals surface area (Å²) in [4.78, 5) is 8.09. The zero-order valence-electron chi connectivity index (χ0n) is 8.28. The topological polar surface area (TPSA) is 37.8 Å². The van der Waals surface area contributed by atoms with Crippen LogP contribution in [0.2, 0.25) is 0 Å². The molecule has 0 aliphatic carbocycles. The Hall–Kier alpha value is -1.01. The molecule has 0 aliphatic heterocycles. The van der Waals surface area contributed by atoms with Crippen LogP contribution >= 0.6 is 27.3 Å². The van der Waals surface area contributed by atoms with Crippen molar-refractivity contribution < 1.29 is 4.39 Å². The van der Waals surface area contributed by atoms with Crippen LogP contribution in [-0.2, 0) is 6.42 Å². The van der Waals surface area contributed by atoms with Gasteiger partial charge in [0.15, 0.2) is 11.6 Å². The van der Waals surface area contributed by atoms with Gasteiger partial charge in [0, 0.05) is 29.0 Å². The van der Waals surface area contributed by atoms with Crippen molar-refractivity contribution in [3.05, 3.63) is 39.1 Å². The minimum absolute atomic E-state index is 0.276. The zero-order valence-corrected chi connectivity index (χ0v) is 10.7. The Labute approximate surface area is 105 Å². The largest absolute Gasteiger partial charge is 0.367 e. The number of pyridine rings is 1. The van der Waals surface area contributed by atoms with Crippen molar-refractivity contribution in [1.29, 1.82) is 0 Å². The molecule has 16 heavy (non-hydrogen) atoms. The minimum Gasteiger partial charge on any atom is -0.367 e. The highest BCUT2D eigenvalue weighted by Gasteiger charge is 2.03. The van der Waals surface area contributed by atoms with Gasteiger partial charge in [-0.1, -0.05) is 0 Å². The molecule has 0 spiro atoms. The van der Waals surface area contributed by atoms with Gasteiger partial charge in [-0.3, -0.25) is 0 Å². The lowest BCUT2D eigenvalue weighted by Gasteiger charge is -2.05. The Morgan fingerprint density at radius 3 is 3.00 bits per heavy atom. The summed E-state index contributed by atoms with van der Waals surface area (Å²) in [5.74, 6) is -0.0777. The van der Waals surface area contributed by atoms with Crippen molar-refractivity contribution in [1.82, 2.24) is 9.97 Å². The Morgan fingerprint density at radius 2 is 2.31 bits per heavy atom. The van der Waals surface area contributed by atoms with Crippen LogP contribution in [0.5, 0.6) is 0 Å². The molecular formula is C10H9BrFN3S. The fraction of sp³-hybridized carbons (Fsp3) is 0.200. The summed E-state index contributed by atoms with van der Waals surface area (Å²) in [7, 11) is 0. The number of nitrogens with one attached hydrogen (secondary N) is 1. The fourth-order valence-electron chi connectivity index (χ4n) is 1.21. The van der Waals surface area contributed by atoms with Crippen LogP contribution in [0.3, 0.4) is 0 Å². The average molecular weight is 302 g/mol. The second kappa shape index (κ2) is 5.36. The second-order valence-electron chi connectivity index (χ2n) is 3.14. The first-order valence-electron chi connectivity index (χ1n) is 4.67. The average Bonchev–Trinajstić information content (AvgIpc) is 2.74. The number of halogens is 2. The van der Waals surface area contributed by atoms with Gasteiger partial charge in [-0.2, -0.15) is 0 Å². The standard InChI is InChI=1S/C10H9BrFN3S/c11-7-3-9(12)10(14-4-7)13-2-1-8-5-16-6-15-8/h3-6H,1-2H2,(H,13,14).